The van der Waals surface area contributed by atoms with Gasteiger partial charge in [0.1, 0.15) is 11.9 Å². The molecule has 124 valence electrons. The number of nitrogens with zero attached hydrogens (tertiary/aromatic N) is 2. The van der Waals surface area contributed by atoms with Crippen molar-refractivity contribution in [2.75, 3.05) is 0 Å². The van der Waals surface area contributed by atoms with E-state index in [1.54, 1.807) is 12.1 Å². The van der Waals surface area contributed by atoms with E-state index in [9.17, 15) is 14.4 Å². The second-order valence-electron chi connectivity index (χ2n) is 5.38. The number of carbonyl (C=O) groups is 1. The molecule has 1 unspecified atom stereocenters. The van der Waals surface area contributed by atoms with E-state index in [2.05, 4.69) is 10.5 Å². The van der Waals surface area contributed by atoms with Crippen molar-refractivity contribution >= 4 is 5.91 Å². The van der Waals surface area contributed by atoms with Crippen LogP contribution in [-0.4, -0.2) is 11.1 Å². The third-order valence-electron chi connectivity index (χ3n) is 3.61. The second kappa shape index (κ2) is 7.41. The molecule has 0 aliphatic carbocycles. The molecule has 5 nitrogen and oxygen atoms in total. The summed E-state index contributed by atoms with van der Waals surface area (Å²) in [5, 5.41) is 15.6. The molecule has 6 heteroatoms. The normalized spacial score (nSPS) is 11.5. The number of aromatic nitrogens is 1. The van der Waals surface area contributed by atoms with E-state index in [0.29, 0.717) is 11.5 Å². The van der Waals surface area contributed by atoms with Crippen LogP contribution in [0.5, 0.6) is 0 Å². The minimum Gasteiger partial charge on any atom is -0.356 e. The van der Waals surface area contributed by atoms with Gasteiger partial charge < -0.3 is 9.84 Å². The lowest BCUT2D eigenvalue weighted by atomic mass is 10.1. The Balaban J connectivity index is 1.68. The fraction of sp³-hybridized carbons (Fsp3) is 0.105. The topological polar surface area (TPSA) is 78.9 Å². The first kappa shape index (κ1) is 16.4. The molecule has 3 aromatic rings. The maximum Gasteiger partial charge on any atom is 0.227 e. The molecule has 0 aliphatic heterocycles. The van der Waals surface area contributed by atoms with Gasteiger partial charge in [-0.1, -0.05) is 53.7 Å². The first-order valence-corrected chi connectivity index (χ1v) is 7.62. The number of nitriles is 1. The monoisotopic (exact) mass is 335 g/mol. The van der Waals surface area contributed by atoms with E-state index in [1.807, 2.05) is 36.4 Å². The van der Waals surface area contributed by atoms with Gasteiger partial charge >= 0.3 is 0 Å². The summed E-state index contributed by atoms with van der Waals surface area (Å²) in [6.07, 6.45) is -0.0665. The van der Waals surface area contributed by atoms with Crippen LogP contribution in [0.25, 0.3) is 11.3 Å². The van der Waals surface area contributed by atoms with Crippen molar-refractivity contribution in [1.29, 1.82) is 5.26 Å². The Bertz CT molecular complexity index is 916. The molecule has 0 aliphatic rings. The van der Waals surface area contributed by atoms with Crippen LogP contribution in [0, 0.1) is 17.1 Å². The SMILES string of the molecule is N#CC(NC(=O)Cc1cc(-c2ccccc2)on1)c1ccccc1F. The maximum absolute atomic E-state index is 13.8. The standard InChI is InChI=1S/C19H14FN3O2/c20-16-9-5-4-8-15(16)17(12-21)22-19(24)11-14-10-18(25-23-14)13-6-2-1-3-7-13/h1-10,17H,11H2,(H,22,24). The summed E-state index contributed by atoms with van der Waals surface area (Å²) in [6, 6.07) is 17.7. The van der Waals surface area contributed by atoms with Gasteiger partial charge in [0.05, 0.1) is 18.2 Å². The van der Waals surface area contributed by atoms with Gasteiger partial charge in [0.15, 0.2) is 5.76 Å². The van der Waals surface area contributed by atoms with Crippen LogP contribution >= 0.6 is 0 Å². The summed E-state index contributed by atoms with van der Waals surface area (Å²) in [7, 11) is 0. The average Bonchev–Trinajstić information content (AvgIpc) is 3.09. The number of carbonyl (C=O) groups excluding carboxylic acids is 1. The Kier molecular flexibility index (Phi) is 4.86. The first-order chi connectivity index (χ1) is 12.2. The van der Waals surface area contributed by atoms with Gasteiger partial charge in [-0.25, -0.2) is 4.39 Å². The van der Waals surface area contributed by atoms with Crippen LogP contribution in [0.4, 0.5) is 4.39 Å². The summed E-state index contributed by atoms with van der Waals surface area (Å²) < 4.78 is 19.0. The summed E-state index contributed by atoms with van der Waals surface area (Å²) in [5.41, 5.74) is 1.41. The van der Waals surface area contributed by atoms with Crippen molar-refractivity contribution < 1.29 is 13.7 Å². The zero-order chi connectivity index (χ0) is 17.6. The van der Waals surface area contributed by atoms with Crippen LogP contribution in [0.1, 0.15) is 17.3 Å². The summed E-state index contributed by atoms with van der Waals surface area (Å²) >= 11 is 0. The summed E-state index contributed by atoms with van der Waals surface area (Å²) in [6.45, 7) is 0. The zero-order valence-corrected chi connectivity index (χ0v) is 13.1. The third-order valence-corrected chi connectivity index (χ3v) is 3.61. The van der Waals surface area contributed by atoms with E-state index in [1.165, 1.54) is 18.2 Å². The number of nitrogens with one attached hydrogen (secondary N) is 1. The lowest BCUT2D eigenvalue weighted by Gasteiger charge is -2.12. The number of rotatable bonds is 5. The van der Waals surface area contributed by atoms with E-state index >= 15 is 0 Å². The Hall–Kier alpha value is -3.46. The lowest BCUT2D eigenvalue weighted by Crippen LogP contribution is -2.29. The molecule has 0 saturated carbocycles. The minimum absolute atomic E-state index is 0.0665. The third kappa shape index (κ3) is 3.90. The van der Waals surface area contributed by atoms with E-state index < -0.39 is 17.8 Å². The van der Waals surface area contributed by atoms with Crippen LogP contribution in [-0.2, 0) is 11.2 Å². The van der Waals surface area contributed by atoms with Crippen LogP contribution < -0.4 is 5.32 Å². The molecule has 1 aromatic heterocycles. The van der Waals surface area contributed by atoms with Gasteiger partial charge in [-0.3, -0.25) is 4.79 Å². The molecule has 25 heavy (non-hydrogen) atoms. The van der Waals surface area contributed by atoms with Gasteiger partial charge in [0.2, 0.25) is 5.91 Å². The van der Waals surface area contributed by atoms with Crippen molar-refractivity contribution in [1.82, 2.24) is 10.5 Å². The van der Waals surface area contributed by atoms with Gasteiger partial charge in [-0.05, 0) is 6.07 Å². The highest BCUT2D eigenvalue weighted by molar-refractivity contribution is 5.79. The van der Waals surface area contributed by atoms with Gasteiger partial charge in [0.25, 0.3) is 0 Å². The van der Waals surface area contributed by atoms with Crippen molar-refractivity contribution in [3.63, 3.8) is 0 Å². The Morgan fingerprint density at radius 3 is 2.64 bits per heavy atom. The highest BCUT2D eigenvalue weighted by atomic mass is 19.1. The van der Waals surface area contributed by atoms with E-state index in [0.717, 1.165) is 5.56 Å². The Morgan fingerprint density at radius 1 is 1.20 bits per heavy atom. The number of hydrogen-bond donors (Lipinski definition) is 1. The van der Waals surface area contributed by atoms with Crippen LogP contribution in [0.15, 0.2) is 65.2 Å². The van der Waals surface area contributed by atoms with Gasteiger partial charge in [-0.15, -0.1) is 0 Å². The molecule has 0 fully saturated rings. The fourth-order valence-corrected chi connectivity index (χ4v) is 2.40. The zero-order valence-electron chi connectivity index (χ0n) is 13.1. The summed E-state index contributed by atoms with van der Waals surface area (Å²) in [5.74, 6) is -0.431. The average molecular weight is 335 g/mol. The van der Waals surface area contributed by atoms with Crippen molar-refractivity contribution in [3.05, 3.63) is 77.7 Å². The molecule has 0 saturated heterocycles. The lowest BCUT2D eigenvalue weighted by molar-refractivity contribution is -0.120. The molecule has 1 N–H and O–H groups in total. The highest BCUT2D eigenvalue weighted by Crippen LogP contribution is 2.20. The summed E-state index contributed by atoms with van der Waals surface area (Å²) in [4.78, 5) is 12.1. The number of amides is 1. The van der Waals surface area contributed by atoms with Crippen LogP contribution in [0.2, 0.25) is 0 Å². The smallest absolute Gasteiger partial charge is 0.227 e. The number of halogens is 1. The largest absolute Gasteiger partial charge is 0.356 e. The van der Waals surface area contributed by atoms with Crippen LogP contribution in [0.3, 0.4) is 0 Å². The molecule has 1 heterocycles. The molecule has 3 rings (SSSR count). The number of benzene rings is 2. The molecule has 1 atom stereocenters. The molecule has 0 bridgehead atoms. The minimum atomic E-state index is -1.06. The van der Waals surface area contributed by atoms with Crippen molar-refractivity contribution in [2.24, 2.45) is 0 Å². The molecule has 2 aromatic carbocycles. The predicted molar refractivity (Wildman–Crippen MR) is 88.5 cm³/mol. The van der Waals surface area contributed by atoms with Gasteiger partial charge in [0, 0.05) is 17.2 Å². The fourth-order valence-electron chi connectivity index (χ4n) is 2.40. The van der Waals surface area contributed by atoms with Gasteiger partial charge in [-0.2, -0.15) is 5.26 Å². The maximum atomic E-state index is 13.8. The molecule has 0 spiro atoms. The first-order valence-electron chi connectivity index (χ1n) is 7.62. The van der Waals surface area contributed by atoms with Crippen molar-refractivity contribution in [2.45, 2.75) is 12.5 Å². The van der Waals surface area contributed by atoms with E-state index in [-0.39, 0.29) is 12.0 Å². The molecular formula is C19H14FN3O2. The number of hydrogen-bond acceptors (Lipinski definition) is 4. The Morgan fingerprint density at radius 2 is 1.92 bits per heavy atom. The predicted octanol–water partition coefficient (Wildman–Crippen LogP) is 3.40. The quantitative estimate of drug-likeness (QED) is 0.775. The highest BCUT2D eigenvalue weighted by Gasteiger charge is 2.18. The second-order valence-corrected chi connectivity index (χ2v) is 5.38. The van der Waals surface area contributed by atoms with Crippen molar-refractivity contribution in [3.8, 4) is 17.4 Å². The molecule has 1 amide bonds. The Labute approximate surface area is 143 Å². The molecule has 0 radical (unpaired) electrons. The molecular weight excluding hydrogens is 321 g/mol. The van der Waals surface area contributed by atoms with E-state index in [4.69, 9.17) is 4.52 Å².